The third-order valence-electron chi connectivity index (χ3n) is 4.73. The van der Waals surface area contributed by atoms with Crippen LogP contribution in [-0.4, -0.2) is 15.9 Å². The lowest BCUT2D eigenvalue weighted by molar-refractivity contribution is -0.116. The quantitative estimate of drug-likeness (QED) is 0.413. The van der Waals surface area contributed by atoms with Gasteiger partial charge in [0.15, 0.2) is 5.16 Å². The van der Waals surface area contributed by atoms with Crippen LogP contribution in [0.3, 0.4) is 0 Å². The van der Waals surface area contributed by atoms with Gasteiger partial charge >= 0.3 is 0 Å². The van der Waals surface area contributed by atoms with Crippen LogP contribution in [0.4, 0.5) is 5.69 Å². The van der Waals surface area contributed by atoms with E-state index in [9.17, 15) is 4.79 Å². The number of carbonyl (C=O) groups is 1. The van der Waals surface area contributed by atoms with E-state index in [0.717, 1.165) is 27.3 Å². The van der Waals surface area contributed by atoms with Gasteiger partial charge in [-0.25, -0.2) is 9.97 Å². The number of amides is 1. The van der Waals surface area contributed by atoms with Gasteiger partial charge in [-0.3, -0.25) is 4.79 Å². The molecule has 1 heterocycles. The second kappa shape index (κ2) is 9.37. The number of rotatable bonds is 6. The van der Waals surface area contributed by atoms with Crippen molar-refractivity contribution in [2.24, 2.45) is 0 Å². The zero-order chi connectivity index (χ0) is 20.8. The van der Waals surface area contributed by atoms with Gasteiger partial charge in [0.2, 0.25) is 5.91 Å². The number of nitrogens with zero attached hydrogens (tertiary/aromatic N) is 2. The number of hydrogen-bond donors (Lipinski definition) is 1. The van der Waals surface area contributed by atoms with Crippen molar-refractivity contribution in [1.82, 2.24) is 9.97 Å². The summed E-state index contributed by atoms with van der Waals surface area (Å²) in [5.74, 6) is -0.430. The molecule has 0 aliphatic carbocycles. The highest BCUT2D eigenvalue weighted by Gasteiger charge is 2.23. The molecule has 0 fully saturated rings. The van der Waals surface area contributed by atoms with Crippen LogP contribution in [-0.2, 0) is 4.79 Å². The SMILES string of the molecule is Cc1cc(Sc2ncccn2)ccc1NC(=O)C(c1ccccc1)c1ccccc1. The molecule has 0 spiro atoms. The minimum atomic E-state index is -0.376. The Balaban J connectivity index is 1.57. The lowest BCUT2D eigenvalue weighted by Crippen LogP contribution is -2.22. The largest absolute Gasteiger partial charge is 0.325 e. The minimum Gasteiger partial charge on any atom is -0.325 e. The van der Waals surface area contributed by atoms with Crippen molar-refractivity contribution in [3.63, 3.8) is 0 Å². The van der Waals surface area contributed by atoms with Gasteiger partial charge in [0.1, 0.15) is 0 Å². The van der Waals surface area contributed by atoms with E-state index in [0.29, 0.717) is 5.16 Å². The molecule has 0 saturated carbocycles. The van der Waals surface area contributed by atoms with Gasteiger partial charge in [-0.1, -0.05) is 60.7 Å². The first-order valence-electron chi connectivity index (χ1n) is 9.67. The Morgan fingerprint density at radius 3 is 2.00 bits per heavy atom. The molecule has 1 amide bonds. The van der Waals surface area contributed by atoms with Crippen molar-refractivity contribution in [3.8, 4) is 0 Å². The number of benzene rings is 3. The van der Waals surface area contributed by atoms with Crippen LogP contribution in [0.2, 0.25) is 0 Å². The van der Waals surface area contributed by atoms with Gasteiger partial charge in [-0.2, -0.15) is 0 Å². The second-order valence-corrected chi connectivity index (χ2v) is 7.89. The van der Waals surface area contributed by atoms with Crippen LogP contribution in [0.1, 0.15) is 22.6 Å². The molecular formula is C25H21N3OS. The van der Waals surface area contributed by atoms with Gasteiger partial charge in [0, 0.05) is 23.0 Å². The summed E-state index contributed by atoms with van der Waals surface area (Å²) in [4.78, 5) is 22.8. The molecule has 0 unspecified atom stereocenters. The molecule has 4 rings (SSSR count). The summed E-state index contributed by atoms with van der Waals surface area (Å²) in [6.45, 7) is 1.99. The zero-order valence-corrected chi connectivity index (χ0v) is 17.3. The molecule has 4 nitrogen and oxygen atoms in total. The van der Waals surface area contributed by atoms with E-state index in [2.05, 4.69) is 15.3 Å². The molecule has 3 aromatic carbocycles. The maximum atomic E-state index is 13.3. The van der Waals surface area contributed by atoms with E-state index in [1.54, 1.807) is 18.5 Å². The molecule has 0 radical (unpaired) electrons. The molecule has 5 heteroatoms. The van der Waals surface area contributed by atoms with Crippen LogP contribution in [0.25, 0.3) is 0 Å². The van der Waals surface area contributed by atoms with E-state index in [1.165, 1.54) is 11.8 Å². The van der Waals surface area contributed by atoms with Gasteiger partial charge in [0.05, 0.1) is 5.92 Å². The third kappa shape index (κ3) is 4.75. The second-order valence-electron chi connectivity index (χ2n) is 6.85. The topological polar surface area (TPSA) is 54.9 Å². The van der Waals surface area contributed by atoms with E-state index < -0.39 is 0 Å². The Hall–Kier alpha value is -3.44. The van der Waals surface area contributed by atoms with Crippen molar-refractivity contribution in [1.29, 1.82) is 0 Å². The molecule has 0 saturated heterocycles. The molecule has 1 N–H and O–H groups in total. The van der Waals surface area contributed by atoms with E-state index in [-0.39, 0.29) is 11.8 Å². The van der Waals surface area contributed by atoms with Crippen molar-refractivity contribution in [2.75, 3.05) is 5.32 Å². The average Bonchev–Trinajstić information content (AvgIpc) is 2.78. The Morgan fingerprint density at radius 1 is 0.833 bits per heavy atom. The smallest absolute Gasteiger partial charge is 0.236 e. The molecule has 0 bridgehead atoms. The summed E-state index contributed by atoms with van der Waals surface area (Å²) in [6.07, 6.45) is 3.45. The maximum absolute atomic E-state index is 13.3. The number of anilines is 1. The van der Waals surface area contributed by atoms with Gasteiger partial charge in [-0.05, 0) is 59.6 Å². The summed E-state index contributed by atoms with van der Waals surface area (Å²) in [5, 5.41) is 3.82. The number of aromatic nitrogens is 2. The fourth-order valence-corrected chi connectivity index (χ4v) is 4.08. The average molecular weight is 412 g/mol. The summed E-state index contributed by atoms with van der Waals surface area (Å²) in [6, 6.07) is 27.5. The van der Waals surface area contributed by atoms with Crippen molar-refractivity contribution in [2.45, 2.75) is 22.9 Å². The molecule has 148 valence electrons. The Morgan fingerprint density at radius 2 is 1.43 bits per heavy atom. The lowest BCUT2D eigenvalue weighted by Gasteiger charge is -2.19. The number of aryl methyl sites for hydroxylation is 1. The van der Waals surface area contributed by atoms with Crippen LogP contribution >= 0.6 is 11.8 Å². The normalized spacial score (nSPS) is 10.7. The Labute approximate surface area is 180 Å². The van der Waals surface area contributed by atoms with Crippen LogP contribution in [0.5, 0.6) is 0 Å². The minimum absolute atomic E-state index is 0.0534. The monoisotopic (exact) mass is 411 g/mol. The van der Waals surface area contributed by atoms with Crippen molar-refractivity contribution in [3.05, 3.63) is 114 Å². The highest BCUT2D eigenvalue weighted by molar-refractivity contribution is 7.99. The van der Waals surface area contributed by atoms with Crippen molar-refractivity contribution < 1.29 is 4.79 Å². The predicted octanol–water partition coefficient (Wildman–Crippen LogP) is 5.71. The first kappa shape index (κ1) is 19.9. The number of hydrogen-bond acceptors (Lipinski definition) is 4. The van der Waals surface area contributed by atoms with Crippen LogP contribution in [0.15, 0.2) is 107 Å². The van der Waals surface area contributed by atoms with Gasteiger partial charge < -0.3 is 5.32 Å². The molecule has 0 atom stereocenters. The summed E-state index contributed by atoms with van der Waals surface area (Å²) in [7, 11) is 0. The molecule has 0 aliphatic heterocycles. The van der Waals surface area contributed by atoms with E-state index in [1.807, 2.05) is 85.8 Å². The maximum Gasteiger partial charge on any atom is 0.236 e. The lowest BCUT2D eigenvalue weighted by atomic mass is 9.90. The molecule has 1 aromatic heterocycles. The van der Waals surface area contributed by atoms with Gasteiger partial charge in [0.25, 0.3) is 0 Å². The number of nitrogens with one attached hydrogen (secondary N) is 1. The molecule has 4 aromatic rings. The fourth-order valence-electron chi connectivity index (χ4n) is 3.27. The van der Waals surface area contributed by atoms with Crippen molar-refractivity contribution >= 4 is 23.4 Å². The third-order valence-corrected chi connectivity index (χ3v) is 5.62. The Kier molecular flexibility index (Phi) is 6.20. The fraction of sp³-hybridized carbons (Fsp3) is 0.0800. The highest BCUT2D eigenvalue weighted by Crippen LogP contribution is 2.30. The van der Waals surface area contributed by atoms with Crippen LogP contribution < -0.4 is 5.32 Å². The Bertz CT molecular complexity index is 1080. The summed E-state index contributed by atoms with van der Waals surface area (Å²) >= 11 is 1.49. The number of carbonyl (C=O) groups excluding carboxylic acids is 1. The summed E-state index contributed by atoms with van der Waals surface area (Å²) < 4.78 is 0. The van der Waals surface area contributed by atoms with E-state index in [4.69, 9.17) is 0 Å². The highest BCUT2D eigenvalue weighted by atomic mass is 32.2. The summed E-state index contributed by atoms with van der Waals surface area (Å²) in [5.41, 5.74) is 3.72. The van der Waals surface area contributed by atoms with Crippen LogP contribution in [0, 0.1) is 6.92 Å². The standard InChI is InChI=1S/C25H21N3OS/c1-18-17-21(30-25-26-15-8-16-27-25)13-14-22(18)28-24(29)23(19-9-4-2-5-10-19)20-11-6-3-7-12-20/h2-17,23H,1H3,(H,28,29). The molecule has 0 aliphatic rings. The van der Waals surface area contributed by atoms with Gasteiger partial charge in [-0.15, -0.1) is 0 Å². The first-order valence-corrected chi connectivity index (χ1v) is 10.5. The predicted molar refractivity (Wildman–Crippen MR) is 121 cm³/mol. The zero-order valence-electron chi connectivity index (χ0n) is 16.5. The van der Waals surface area contributed by atoms with E-state index >= 15 is 0 Å². The first-order chi connectivity index (χ1) is 14.7. The molecule has 30 heavy (non-hydrogen) atoms. The molecular weight excluding hydrogens is 390 g/mol.